The van der Waals surface area contributed by atoms with Gasteiger partial charge in [-0.1, -0.05) is 12.1 Å². The normalized spacial score (nSPS) is 11.1. The van der Waals surface area contributed by atoms with Gasteiger partial charge in [0.25, 0.3) is 11.8 Å². The zero-order valence-electron chi connectivity index (χ0n) is 29.9. The lowest BCUT2D eigenvalue weighted by molar-refractivity contribution is 0.101. The number of rotatable bonds is 9. The number of ether oxygens (including phenoxy) is 2. The Morgan fingerprint density at radius 3 is 2.00 bits per heavy atom. The third-order valence-electron chi connectivity index (χ3n) is 9.31. The molecular weight excluding hydrogens is 681 g/mol. The number of carbonyl (C=O) groups is 2. The number of pyridine rings is 2. The number of aryl methyl sites for hydroxylation is 2. The van der Waals surface area contributed by atoms with Gasteiger partial charge in [0, 0.05) is 60.8 Å². The van der Waals surface area contributed by atoms with E-state index in [0.717, 1.165) is 44.6 Å². The number of benzene rings is 4. The average molecular weight is 715 g/mol. The van der Waals surface area contributed by atoms with E-state index < -0.39 is 0 Å². The van der Waals surface area contributed by atoms with E-state index in [1.54, 1.807) is 48.9 Å². The molecule has 8 rings (SSSR count). The quantitative estimate of drug-likeness (QED) is 0.155. The third-order valence-corrected chi connectivity index (χ3v) is 9.31. The number of nitrogens with one attached hydrogen (secondary N) is 2. The first-order chi connectivity index (χ1) is 26.3. The highest BCUT2D eigenvalue weighted by atomic mass is 16.5. The summed E-state index contributed by atoms with van der Waals surface area (Å²) in [5, 5.41) is 5.97. The van der Waals surface area contributed by atoms with Gasteiger partial charge in [-0.3, -0.25) is 19.6 Å². The standard InChI is InChI=1S/C42H34N8O4/c1-49-35-17-14-28(21-34(35)48-39(49)26-8-7-19-43-23-26)45-42(52)31-20-25(12-18-38(31)54-4)32-15-11-27(24-44-32)40-47-33-16-13-29(22-36(33)50(40)2)46-41(51)30-9-5-6-10-37(30)53-3/h5-24H,1-4H3,(H,45,52)(H,46,51). The van der Waals surface area contributed by atoms with Crippen LogP contribution in [-0.4, -0.2) is 55.1 Å². The highest BCUT2D eigenvalue weighted by molar-refractivity contribution is 6.08. The van der Waals surface area contributed by atoms with Gasteiger partial charge in [-0.2, -0.15) is 0 Å². The summed E-state index contributed by atoms with van der Waals surface area (Å²) >= 11 is 0. The summed E-state index contributed by atoms with van der Waals surface area (Å²) in [7, 11) is 6.95. The molecule has 4 aromatic carbocycles. The van der Waals surface area contributed by atoms with Gasteiger partial charge in [0.2, 0.25) is 0 Å². The molecule has 0 aliphatic heterocycles. The summed E-state index contributed by atoms with van der Waals surface area (Å²) in [6.45, 7) is 0. The monoisotopic (exact) mass is 714 g/mol. The molecule has 0 aliphatic rings. The van der Waals surface area contributed by atoms with E-state index in [2.05, 4.69) is 15.6 Å². The fraction of sp³-hybridized carbons (Fsp3) is 0.0952. The van der Waals surface area contributed by atoms with Crippen molar-refractivity contribution in [2.24, 2.45) is 14.1 Å². The molecule has 0 saturated carbocycles. The minimum absolute atomic E-state index is 0.269. The minimum Gasteiger partial charge on any atom is -0.496 e. The third kappa shape index (κ3) is 6.26. The van der Waals surface area contributed by atoms with Gasteiger partial charge < -0.3 is 29.2 Å². The molecule has 12 nitrogen and oxygen atoms in total. The van der Waals surface area contributed by atoms with Crippen molar-refractivity contribution in [1.82, 2.24) is 29.1 Å². The van der Waals surface area contributed by atoms with Crippen molar-refractivity contribution in [3.63, 3.8) is 0 Å². The molecule has 0 atom stereocenters. The Balaban J connectivity index is 1.02. The molecule has 0 radical (unpaired) electrons. The molecule has 12 heteroatoms. The van der Waals surface area contributed by atoms with Crippen LogP contribution in [0, 0.1) is 0 Å². The van der Waals surface area contributed by atoms with E-state index in [4.69, 9.17) is 24.4 Å². The number of amides is 2. The molecule has 54 heavy (non-hydrogen) atoms. The fourth-order valence-corrected chi connectivity index (χ4v) is 6.53. The van der Waals surface area contributed by atoms with Crippen LogP contribution < -0.4 is 20.1 Å². The number of para-hydroxylation sites is 1. The van der Waals surface area contributed by atoms with Crippen LogP contribution in [0.3, 0.4) is 0 Å². The summed E-state index contributed by atoms with van der Waals surface area (Å²) in [4.78, 5) is 45.3. The Labute approximate surface area is 310 Å². The first-order valence-corrected chi connectivity index (χ1v) is 17.0. The van der Waals surface area contributed by atoms with Gasteiger partial charge in [0.1, 0.15) is 23.1 Å². The largest absolute Gasteiger partial charge is 0.496 e. The Kier molecular flexibility index (Phi) is 8.76. The van der Waals surface area contributed by atoms with Gasteiger partial charge in [0.15, 0.2) is 0 Å². The van der Waals surface area contributed by atoms with Gasteiger partial charge in [0.05, 0.1) is 53.1 Å². The first-order valence-electron chi connectivity index (χ1n) is 17.0. The lowest BCUT2D eigenvalue weighted by atomic mass is 10.0. The van der Waals surface area contributed by atoms with Crippen LogP contribution >= 0.6 is 0 Å². The summed E-state index contributed by atoms with van der Waals surface area (Å²) in [6, 6.07) is 31.4. The second-order valence-corrected chi connectivity index (χ2v) is 12.6. The van der Waals surface area contributed by atoms with Crippen LogP contribution in [0.25, 0.3) is 56.1 Å². The minimum atomic E-state index is -0.328. The van der Waals surface area contributed by atoms with Gasteiger partial charge in [-0.15, -0.1) is 0 Å². The van der Waals surface area contributed by atoms with Crippen molar-refractivity contribution in [2.75, 3.05) is 24.9 Å². The highest BCUT2D eigenvalue weighted by Crippen LogP contribution is 2.31. The van der Waals surface area contributed by atoms with Gasteiger partial charge in [-0.05, 0) is 91.0 Å². The molecule has 2 N–H and O–H groups in total. The molecule has 266 valence electrons. The van der Waals surface area contributed by atoms with Crippen molar-refractivity contribution in [1.29, 1.82) is 0 Å². The lowest BCUT2D eigenvalue weighted by Gasteiger charge is -2.12. The molecule has 0 aliphatic carbocycles. The number of nitrogens with zero attached hydrogens (tertiary/aromatic N) is 6. The van der Waals surface area contributed by atoms with Crippen molar-refractivity contribution in [3.8, 4) is 45.5 Å². The zero-order chi connectivity index (χ0) is 37.3. The molecule has 4 heterocycles. The van der Waals surface area contributed by atoms with E-state index in [9.17, 15) is 9.59 Å². The molecule has 0 spiro atoms. The van der Waals surface area contributed by atoms with E-state index in [0.29, 0.717) is 45.5 Å². The average Bonchev–Trinajstić information content (AvgIpc) is 3.72. The number of hydrogen-bond acceptors (Lipinski definition) is 8. The summed E-state index contributed by atoms with van der Waals surface area (Å²) in [5.41, 5.74) is 8.46. The molecule has 0 bridgehead atoms. The molecule has 0 saturated heterocycles. The number of carbonyl (C=O) groups excluding carboxylic acids is 2. The van der Waals surface area contributed by atoms with Crippen molar-refractivity contribution in [3.05, 3.63) is 133 Å². The lowest BCUT2D eigenvalue weighted by Crippen LogP contribution is -2.13. The van der Waals surface area contributed by atoms with Crippen molar-refractivity contribution < 1.29 is 19.1 Å². The van der Waals surface area contributed by atoms with E-state index in [1.165, 1.54) is 14.2 Å². The van der Waals surface area contributed by atoms with Crippen molar-refractivity contribution >= 4 is 45.3 Å². The van der Waals surface area contributed by atoms with Crippen LogP contribution in [-0.2, 0) is 14.1 Å². The summed E-state index contributed by atoms with van der Waals surface area (Å²) in [6.07, 6.45) is 5.26. The maximum atomic E-state index is 13.7. The number of hydrogen-bond donors (Lipinski definition) is 2. The SMILES string of the molecule is COc1ccccc1C(=O)Nc1ccc2nc(-c3ccc(-c4ccc(OC)c(C(=O)Nc5ccc6c(c5)nc(-c5cccnc5)n6C)c4)nc3)n(C)c2c1. The van der Waals surface area contributed by atoms with E-state index >= 15 is 0 Å². The number of imidazole rings is 2. The van der Waals surface area contributed by atoms with E-state index in [-0.39, 0.29) is 11.8 Å². The first kappa shape index (κ1) is 33.8. The smallest absolute Gasteiger partial charge is 0.259 e. The van der Waals surface area contributed by atoms with E-state index in [1.807, 2.05) is 96.0 Å². The highest BCUT2D eigenvalue weighted by Gasteiger charge is 2.18. The van der Waals surface area contributed by atoms with Crippen LogP contribution in [0.4, 0.5) is 11.4 Å². The van der Waals surface area contributed by atoms with Crippen LogP contribution in [0.2, 0.25) is 0 Å². The predicted octanol–water partition coefficient (Wildman–Crippen LogP) is 7.77. The Morgan fingerprint density at radius 2 is 1.26 bits per heavy atom. The molecular formula is C42H34N8O4. The molecule has 2 amide bonds. The van der Waals surface area contributed by atoms with Gasteiger partial charge in [-0.25, -0.2) is 9.97 Å². The molecule has 0 fully saturated rings. The summed E-state index contributed by atoms with van der Waals surface area (Å²) < 4.78 is 14.9. The second-order valence-electron chi connectivity index (χ2n) is 12.6. The number of fused-ring (bicyclic) bond motifs is 2. The maximum absolute atomic E-state index is 13.7. The fourth-order valence-electron chi connectivity index (χ4n) is 6.53. The van der Waals surface area contributed by atoms with Crippen LogP contribution in [0.1, 0.15) is 20.7 Å². The number of anilines is 2. The molecule has 8 aromatic rings. The van der Waals surface area contributed by atoms with Crippen LogP contribution in [0.5, 0.6) is 11.5 Å². The predicted molar refractivity (Wildman–Crippen MR) is 209 cm³/mol. The van der Waals surface area contributed by atoms with Crippen LogP contribution in [0.15, 0.2) is 122 Å². The Bertz CT molecular complexity index is 2700. The number of aromatic nitrogens is 6. The Hall–Kier alpha value is -7.34. The molecule has 4 aromatic heterocycles. The Morgan fingerprint density at radius 1 is 0.593 bits per heavy atom. The summed E-state index contributed by atoms with van der Waals surface area (Å²) in [5.74, 6) is 1.83. The van der Waals surface area contributed by atoms with Gasteiger partial charge >= 0.3 is 0 Å². The maximum Gasteiger partial charge on any atom is 0.259 e. The van der Waals surface area contributed by atoms with Crippen molar-refractivity contribution in [2.45, 2.75) is 0 Å². The zero-order valence-corrected chi connectivity index (χ0v) is 29.9. The second kappa shape index (κ2) is 14.0. The molecule has 0 unspecified atom stereocenters. The number of methoxy groups -OCH3 is 2. The topological polar surface area (TPSA) is 138 Å².